The summed E-state index contributed by atoms with van der Waals surface area (Å²) in [6.07, 6.45) is 1.43. The van der Waals surface area contributed by atoms with Gasteiger partial charge in [-0.25, -0.2) is 0 Å². The van der Waals surface area contributed by atoms with Gasteiger partial charge in [0.2, 0.25) is 5.91 Å². The third kappa shape index (κ3) is 5.17. The van der Waals surface area contributed by atoms with Crippen molar-refractivity contribution >= 4 is 39.6 Å². The van der Waals surface area contributed by atoms with E-state index in [1.807, 2.05) is 0 Å². The van der Waals surface area contributed by atoms with E-state index < -0.39 is 11.8 Å². The zero-order valence-corrected chi connectivity index (χ0v) is 21.1. The summed E-state index contributed by atoms with van der Waals surface area (Å²) in [5.74, 6) is -0.105. The van der Waals surface area contributed by atoms with Gasteiger partial charge in [-0.15, -0.1) is 0 Å². The van der Waals surface area contributed by atoms with Gasteiger partial charge in [-0.2, -0.15) is 0 Å². The number of nitrogens with one attached hydrogen (secondary N) is 1. The van der Waals surface area contributed by atoms with Crippen LogP contribution in [0.3, 0.4) is 0 Å². The van der Waals surface area contributed by atoms with Gasteiger partial charge in [0, 0.05) is 29.7 Å². The highest BCUT2D eigenvalue weighted by molar-refractivity contribution is 9.10. The van der Waals surface area contributed by atoms with Gasteiger partial charge in [-0.3, -0.25) is 24.1 Å². The highest BCUT2D eigenvalue weighted by atomic mass is 79.9. The normalized spacial score (nSPS) is 15.7. The quantitative estimate of drug-likeness (QED) is 0.538. The molecule has 0 bridgehead atoms. The smallest absolute Gasteiger partial charge is 0.262 e. The minimum atomic E-state index is -0.451. The van der Waals surface area contributed by atoms with Crippen molar-refractivity contribution in [2.24, 2.45) is 5.92 Å². The number of carbonyl (C=O) groups is 4. The molecule has 10 heteroatoms. The molecule has 2 aliphatic rings. The number of ether oxygens (including phenoxy) is 2. The molecule has 9 nitrogen and oxygen atoms in total. The van der Waals surface area contributed by atoms with E-state index in [4.69, 9.17) is 9.47 Å². The number of halogens is 1. The molecular formula is C25H26BrN3O6. The number of nitrogens with zero attached hydrogens (tertiary/aromatic N) is 2. The van der Waals surface area contributed by atoms with E-state index in [0.717, 1.165) is 4.90 Å². The van der Waals surface area contributed by atoms with Crippen molar-refractivity contribution in [3.63, 3.8) is 0 Å². The zero-order valence-electron chi connectivity index (χ0n) is 19.5. The number of rotatable bonds is 7. The predicted molar refractivity (Wildman–Crippen MR) is 131 cm³/mol. The van der Waals surface area contributed by atoms with Crippen LogP contribution in [0.2, 0.25) is 0 Å². The first-order valence-electron chi connectivity index (χ1n) is 11.3. The Kier molecular flexibility index (Phi) is 7.39. The van der Waals surface area contributed by atoms with Gasteiger partial charge < -0.3 is 19.7 Å². The van der Waals surface area contributed by atoms with Crippen molar-refractivity contribution in [3.05, 3.63) is 57.6 Å². The SMILES string of the molecule is COc1ccc(C(=O)NCC2CCN(C(=O)CN3C(=O)c4ccc(Br)cc4C3=O)CC2)cc1OC. The van der Waals surface area contributed by atoms with Crippen LogP contribution in [-0.2, 0) is 4.79 Å². The number of imide groups is 1. The van der Waals surface area contributed by atoms with Crippen LogP contribution in [0.5, 0.6) is 11.5 Å². The molecule has 2 aromatic carbocycles. The topological polar surface area (TPSA) is 105 Å². The second-order valence-corrected chi connectivity index (χ2v) is 9.41. The average molecular weight is 544 g/mol. The molecule has 4 amide bonds. The van der Waals surface area contributed by atoms with Crippen LogP contribution in [0.25, 0.3) is 0 Å². The molecular weight excluding hydrogens is 518 g/mol. The molecule has 1 saturated heterocycles. The lowest BCUT2D eigenvalue weighted by Gasteiger charge is -2.32. The molecule has 0 spiro atoms. The van der Waals surface area contributed by atoms with Crippen molar-refractivity contribution in [2.75, 3.05) is 40.4 Å². The van der Waals surface area contributed by atoms with E-state index in [0.29, 0.717) is 65.1 Å². The largest absolute Gasteiger partial charge is 0.493 e. The number of fused-ring (bicyclic) bond motifs is 1. The minimum Gasteiger partial charge on any atom is -0.493 e. The Bertz CT molecular complexity index is 1180. The van der Waals surface area contributed by atoms with Crippen LogP contribution in [0.1, 0.15) is 43.9 Å². The number of benzene rings is 2. The lowest BCUT2D eigenvalue weighted by Crippen LogP contribution is -2.46. The number of hydrogen-bond donors (Lipinski definition) is 1. The maximum Gasteiger partial charge on any atom is 0.262 e. The van der Waals surface area contributed by atoms with Gasteiger partial charge in [-0.05, 0) is 55.2 Å². The predicted octanol–water partition coefficient (Wildman–Crippen LogP) is 2.73. The Labute approximate surface area is 211 Å². The Balaban J connectivity index is 1.26. The van der Waals surface area contributed by atoms with Gasteiger partial charge in [0.1, 0.15) is 6.54 Å². The lowest BCUT2D eigenvalue weighted by atomic mass is 9.96. The summed E-state index contributed by atoms with van der Waals surface area (Å²) >= 11 is 3.30. The lowest BCUT2D eigenvalue weighted by molar-refractivity contribution is -0.132. The molecule has 0 aromatic heterocycles. The maximum atomic E-state index is 12.8. The molecule has 2 heterocycles. The first-order valence-corrected chi connectivity index (χ1v) is 12.1. The van der Waals surface area contributed by atoms with E-state index in [-0.39, 0.29) is 24.3 Å². The number of carbonyl (C=O) groups excluding carboxylic acids is 4. The van der Waals surface area contributed by atoms with Crippen LogP contribution in [0, 0.1) is 5.92 Å². The third-order valence-electron chi connectivity index (χ3n) is 6.39. The van der Waals surface area contributed by atoms with E-state index in [9.17, 15) is 19.2 Å². The molecule has 0 unspecified atom stereocenters. The molecule has 2 aromatic rings. The van der Waals surface area contributed by atoms with Crippen LogP contribution in [0.4, 0.5) is 0 Å². The van der Waals surface area contributed by atoms with Crippen molar-refractivity contribution < 1.29 is 28.7 Å². The molecule has 0 radical (unpaired) electrons. The maximum absolute atomic E-state index is 12.8. The molecule has 1 fully saturated rings. The standard InChI is InChI=1S/C25H26BrN3O6/c1-34-20-6-3-16(11-21(20)35-2)23(31)27-13-15-7-9-28(10-8-15)22(30)14-29-24(32)18-5-4-17(26)12-19(18)25(29)33/h3-6,11-12,15H,7-10,13-14H2,1-2H3,(H,27,31). The summed E-state index contributed by atoms with van der Waals surface area (Å²) in [5.41, 5.74) is 1.10. The van der Waals surface area contributed by atoms with Crippen molar-refractivity contribution in [2.45, 2.75) is 12.8 Å². The van der Waals surface area contributed by atoms with Gasteiger partial charge in [0.25, 0.3) is 17.7 Å². The summed E-state index contributed by atoms with van der Waals surface area (Å²) in [7, 11) is 3.05. The Hall–Kier alpha value is -3.40. The van der Waals surface area contributed by atoms with Gasteiger partial charge in [-0.1, -0.05) is 15.9 Å². The molecule has 4 rings (SSSR count). The number of hydrogen-bond acceptors (Lipinski definition) is 6. The fourth-order valence-corrected chi connectivity index (χ4v) is 4.71. The van der Waals surface area contributed by atoms with E-state index in [2.05, 4.69) is 21.2 Å². The summed E-state index contributed by atoms with van der Waals surface area (Å²) in [6.45, 7) is 1.22. The van der Waals surface area contributed by atoms with Crippen LogP contribution in [0.15, 0.2) is 40.9 Å². The molecule has 184 valence electrons. The summed E-state index contributed by atoms with van der Waals surface area (Å²) in [6, 6.07) is 9.88. The Morgan fingerprint density at radius 3 is 2.34 bits per heavy atom. The third-order valence-corrected chi connectivity index (χ3v) is 6.88. The molecule has 2 aliphatic heterocycles. The fraction of sp³-hybridized carbons (Fsp3) is 0.360. The average Bonchev–Trinajstić information content (AvgIpc) is 3.11. The molecule has 0 aliphatic carbocycles. The second kappa shape index (κ2) is 10.5. The highest BCUT2D eigenvalue weighted by Gasteiger charge is 2.37. The number of piperidine rings is 1. The summed E-state index contributed by atoms with van der Waals surface area (Å²) < 4.78 is 11.1. The molecule has 0 saturated carbocycles. The number of amides is 4. The van der Waals surface area contributed by atoms with Gasteiger partial charge >= 0.3 is 0 Å². The minimum absolute atomic E-state index is 0.207. The number of methoxy groups -OCH3 is 2. The van der Waals surface area contributed by atoms with Crippen molar-refractivity contribution in [1.82, 2.24) is 15.1 Å². The first-order chi connectivity index (χ1) is 16.8. The molecule has 1 N–H and O–H groups in total. The second-order valence-electron chi connectivity index (χ2n) is 8.49. The molecule has 0 atom stereocenters. The van der Waals surface area contributed by atoms with Crippen LogP contribution >= 0.6 is 15.9 Å². The van der Waals surface area contributed by atoms with E-state index in [1.165, 1.54) is 14.2 Å². The van der Waals surface area contributed by atoms with Gasteiger partial charge in [0.05, 0.1) is 25.3 Å². The van der Waals surface area contributed by atoms with E-state index >= 15 is 0 Å². The fourth-order valence-electron chi connectivity index (χ4n) is 4.34. The van der Waals surface area contributed by atoms with Crippen LogP contribution in [-0.4, -0.2) is 73.8 Å². The summed E-state index contributed by atoms with van der Waals surface area (Å²) in [5, 5.41) is 2.95. The molecule has 35 heavy (non-hydrogen) atoms. The Morgan fingerprint density at radius 2 is 1.66 bits per heavy atom. The number of likely N-dealkylation sites (tertiary alicyclic amines) is 1. The monoisotopic (exact) mass is 543 g/mol. The van der Waals surface area contributed by atoms with Gasteiger partial charge in [0.15, 0.2) is 11.5 Å². The highest BCUT2D eigenvalue weighted by Crippen LogP contribution is 2.28. The van der Waals surface area contributed by atoms with Crippen molar-refractivity contribution in [3.8, 4) is 11.5 Å². The van der Waals surface area contributed by atoms with Crippen molar-refractivity contribution in [1.29, 1.82) is 0 Å². The first kappa shape index (κ1) is 24.7. The summed E-state index contributed by atoms with van der Waals surface area (Å²) in [4.78, 5) is 53.3. The van der Waals surface area contributed by atoms with Crippen LogP contribution < -0.4 is 14.8 Å². The zero-order chi connectivity index (χ0) is 25.1. The van der Waals surface area contributed by atoms with E-state index in [1.54, 1.807) is 41.3 Å². The Morgan fingerprint density at radius 1 is 0.971 bits per heavy atom.